The van der Waals surface area contributed by atoms with Gasteiger partial charge in [0.1, 0.15) is 5.02 Å². The molecule has 0 amide bonds. The number of aliphatic hydroxyl groups is 1. The van der Waals surface area contributed by atoms with E-state index in [1.807, 2.05) is 13.8 Å². The summed E-state index contributed by atoms with van der Waals surface area (Å²) in [4.78, 5) is 11.8. The summed E-state index contributed by atoms with van der Waals surface area (Å²) in [6.07, 6.45) is 2.38. The van der Waals surface area contributed by atoms with Gasteiger partial charge >= 0.3 is 0 Å². The monoisotopic (exact) mass is 259 g/mol. The van der Waals surface area contributed by atoms with E-state index in [0.29, 0.717) is 18.8 Å². The van der Waals surface area contributed by atoms with Crippen LogP contribution >= 0.6 is 11.6 Å². The van der Waals surface area contributed by atoms with Crippen molar-refractivity contribution in [1.82, 2.24) is 9.78 Å². The van der Waals surface area contributed by atoms with Gasteiger partial charge in [-0.05, 0) is 12.3 Å². The molecule has 0 aromatic carbocycles. The molecule has 0 fully saturated rings. The van der Waals surface area contributed by atoms with Crippen LogP contribution < -0.4 is 10.9 Å². The number of nitrogens with one attached hydrogen (secondary N) is 1. The second-order valence-corrected chi connectivity index (χ2v) is 4.45. The molecule has 6 heteroatoms. The van der Waals surface area contributed by atoms with Crippen LogP contribution in [0.4, 0.5) is 5.69 Å². The summed E-state index contributed by atoms with van der Waals surface area (Å²) >= 11 is 5.96. The number of anilines is 1. The zero-order valence-corrected chi connectivity index (χ0v) is 10.9. The minimum absolute atomic E-state index is 0.0882. The van der Waals surface area contributed by atoms with Gasteiger partial charge in [-0.15, -0.1) is 0 Å². The van der Waals surface area contributed by atoms with Gasteiger partial charge in [0.15, 0.2) is 0 Å². The molecule has 0 saturated heterocycles. The lowest BCUT2D eigenvalue weighted by molar-refractivity contribution is 0.244. The molecule has 1 atom stereocenters. The highest BCUT2D eigenvalue weighted by molar-refractivity contribution is 6.32. The molecule has 17 heavy (non-hydrogen) atoms. The Morgan fingerprint density at radius 1 is 1.65 bits per heavy atom. The predicted molar refractivity (Wildman–Crippen MR) is 68.5 cm³/mol. The van der Waals surface area contributed by atoms with Gasteiger partial charge in [0.25, 0.3) is 5.56 Å². The van der Waals surface area contributed by atoms with Crippen molar-refractivity contribution in [2.75, 3.05) is 18.5 Å². The maximum atomic E-state index is 11.8. The number of hydrogen-bond acceptors (Lipinski definition) is 4. The van der Waals surface area contributed by atoms with Crippen LogP contribution in [0, 0.1) is 5.92 Å². The molecule has 0 saturated carbocycles. The standard InChI is InChI=1S/C11H18ClN3O2/c1-3-4-15-11(17)10(12)9(6-14-15)13-5-8(2)7-16/h6,8,13,16H,3-5,7H2,1-2H3. The quantitative estimate of drug-likeness (QED) is 0.809. The molecule has 1 aromatic heterocycles. The summed E-state index contributed by atoms with van der Waals surface area (Å²) < 4.78 is 1.35. The van der Waals surface area contributed by atoms with Crippen LogP contribution in [0.25, 0.3) is 0 Å². The molecule has 1 aromatic rings. The Bertz CT molecular complexity index is 420. The van der Waals surface area contributed by atoms with E-state index in [2.05, 4.69) is 10.4 Å². The van der Waals surface area contributed by atoms with Crippen molar-refractivity contribution in [2.24, 2.45) is 5.92 Å². The van der Waals surface area contributed by atoms with Gasteiger partial charge in [-0.25, -0.2) is 4.68 Å². The number of hydrogen-bond donors (Lipinski definition) is 2. The Labute approximate surface area is 105 Å². The lowest BCUT2D eigenvalue weighted by Crippen LogP contribution is -2.25. The van der Waals surface area contributed by atoms with Crippen molar-refractivity contribution in [3.05, 3.63) is 21.6 Å². The van der Waals surface area contributed by atoms with Crippen LogP contribution in [0.5, 0.6) is 0 Å². The molecule has 2 N–H and O–H groups in total. The fraction of sp³-hybridized carbons (Fsp3) is 0.636. The molecule has 0 bridgehead atoms. The van der Waals surface area contributed by atoms with Crippen LogP contribution in [0.2, 0.25) is 5.02 Å². The SMILES string of the molecule is CCCn1ncc(NCC(C)CO)c(Cl)c1=O. The van der Waals surface area contributed by atoms with E-state index in [9.17, 15) is 4.79 Å². The Morgan fingerprint density at radius 2 is 2.35 bits per heavy atom. The van der Waals surface area contributed by atoms with Crippen LogP contribution in [0.3, 0.4) is 0 Å². The van der Waals surface area contributed by atoms with Crippen molar-refractivity contribution in [3.63, 3.8) is 0 Å². The molecule has 1 unspecified atom stereocenters. The zero-order valence-electron chi connectivity index (χ0n) is 10.1. The third kappa shape index (κ3) is 3.71. The fourth-order valence-electron chi connectivity index (χ4n) is 1.31. The maximum Gasteiger partial charge on any atom is 0.287 e. The molecule has 1 rings (SSSR count). The van der Waals surface area contributed by atoms with Gasteiger partial charge in [-0.3, -0.25) is 4.79 Å². The number of aryl methyl sites for hydroxylation is 1. The lowest BCUT2D eigenvalue weighted by atomic mass is 10.2. The minimum atomic E-state index is -0.282. The first-order valence-electron chi connectivity index (χ1n) is 5.70. The van der Waals surface area contributed by atoms with Crippen molar-refractivity contribution < 1.29 is 5.11 Å². The van der Waals surface area contributed by atoms with Gasteiger partial charge in [0, 0.05) is 19.7 Å². The third-order valence-electron chi connectivity index (χ3n) is 2.37. The third-order valence-corrected chi connectivity index (χ3v) is 2.74. The van der Waals surface area contributed by atoms with Gasteiger partial charge in [-0.1, -0.05) is 25.4 Å². The summed E-state index contributed by atoms with van der Waals surface area (Å²) in [5, 5.41) is 16.1. The predicted octanol–water partition coefficient (Wildman–Crippen LogP) is 1.35. The minimum Gasteiger partial charge on any atom is -0.396 e. The molecule has 0 radical (unpaired) electrons. The summed E-state index contributed by atoms with van der Waals surface area (Å²) in [7, 11) is 0. The first kappa shape index (κ1) is 14.0. The molecule has 5 nitrogen and oxygen atoms in total. The average Bonchev–Trinajstić information content (AvgIpc) is 2.34. The van der Waals surface area contributed by atoms with Crippen molar-refractivity contribution in [2.45, 2.75) is 26.8 Å². The van der Waals surface area contributed by atoms with Crippen LogP contribution in [-0.4, -0.2) is 28.0 Å². The van der Waals surface area contributed by atoms with Crippen LogP contribution in [-0.2, 0) is 6.54 Å². The van der Waals surface area contributed by atoms with Crippen molar-refractivity contribution in [1.29, 1.82) is 0 Å². The summed E-state index contributed by atoms with van der Waals surface area (Å²) in [5.41, 5.74) is 0.236. The molecular weight excluding hydrogens is 242 g/mol. The molecule has 0 spiro atoms. The molecule has 0 aliphatic heterocycles. The number of rotatable bonds is 6. The van der Waals surface area contributed by atoms with Gasteiger partial charge in [-0.2, -0.15) is 5.10 Å². The van der Waals surface area contributed by atoms with Gasteiger partial charge in [0.05, 0.1) is 11.9 Å². The molecule has 0 aliphatic rings. The summed E-state index contributed by atoms with van der Waals surface area (Å²) in [6, 6.07) is 0. The van der Waals surface area contributed by atoms with E-state index < -0.39 is 0 Å². The Hall–Kier alpha value is -1.07. The fourth-order valence-corrected chi connectivity index (χ4v) is 1.52. The number of aromatic nitrogens is 2. The van der Waals surface area contributed by atoms with E-state index in [-0.39, 0.29) is 23.1 Å². The molecule has 96 valence electrons. The second-order valence-electron chi connectivity index (χ2n) is 4.07. The van der Waals surface area contributed by atoms with E-state index in [0.717, 1.165) is 6.42 Å². The van der Waals surface area contributed by atoms with Crippen molar-refractivity contribution in [3.8, 4) is 0 Å². The largest absolute Gasteiger partial charge is 0.396 e. The molecule has 0 aliphatic carbocycles. The number of aliphatic hydroxyl groups excluding tert-OH is 1. The molecular formula is C11H18ClN3O2. The van der Waals surface area contributed by atoms with Crippen LogP contribution in [0.1, 0.15) is 20.3 Å². The summed E-state index contributed by atoms with van der Waals surface area (Å²) in [5.74, 6) is 0.101. The zero-order chi connectivity index (χ0) is 12.8. The molecule has 1 heterocycles. The highest BCUT2D eigenvalue weighted by Gasteiger charge is 2.09. The maximum absolute atomic E-state index is 11.8. The normalized spacial score (nSPS) is 12.5. The van der Waals surface area contributed by atoms with E-state index in [1.54, 1.807) is 6.20 Å². The Morgan fingerprint density at radius 3 is 2.94 bits per heavy atom. The van der Waals surface area contributed by atoms with Crippen LogP contribution in [0.15, 0.2) is 11.0 Å². The van der Waals surface area contributed by atoms with E-state index in [4.69, 9.17) is 16.7 Å². The first-order valence-corrected chi connectivity index (χ1v) is 6.08. The lowest BCUT2D eigenvalue weighted by Gasteiger charge is -2.12. The number of nitrogens with zero attached hydrogens (tertiary/aromatic N) is 2. The second kappa shape index (κ2) is 6.61. The van der Waals surface area contributed by atoms with Gasteiger partial charge in [0.2, 0.25) is 0 Å². The highest BCUT2D eigenvalue weighted by Crippen LogP contribution is 2.15. The highest BCUT2D eigenvalue weighted by atomic mass is 35.5. The summed E-state index contributed by atoms with van der Waals surface area (Å²) in [6.45, 7) is 5.07. The Balaban J connectivity index is 2.82. The first-order chi connectivity index (χ1) is 8.10. The average molecular weight is 260 g/mol. The van der Waals surface area contributed by atoms with Gasteiger partial charge < -0.3 is 10.4 Å². The topological polar surface area (TPSA) is 67.2 Å². The van der Waals surface area contributed by atoms with E-state index >= 15 is 0 Å². The Kier molecular flexibility index (Phi) is 5.44. The number of halogens is 1. The van der Waals surface area contributed by atoms with E-state index in [1.165, 1.54) is 4.68 Å². The van der Waals surface area contributed by atoms with Crippen molar-refractivity contribution >= 4 is 17.3 Å². The smallest absolute Gasteiger partial charge is 0.287 e.